The van der Waals surface area contributed by atoms with E-state index >= 15 is 0 Å². The van der Waals surface area contributed by atoms with E-state index in [1.54, 1.807) is 40.1 Å². The van der Waals surface area contributed by atoms with Crippen LogP contribution >= 0.6 is 0 Å². The molecule has 4 heterocycles. The van der Waals surface area contributed by atoms with Gasteiger partial charge in [0.05, 0.1) is 47.2 Å². The average molecular weight is 771 g/mol. The Morgan fingerprint density at radius 1 is 1.07 bits per heavy atom. The zero-order valence-corrected chi connectivity index (χ0v) is 34.3. The SMILES string of the molecule is CC[C@H]1OC(=O)C(C)C(=O)[C@H](C)[C@@H](O[C@@H]2O[C@H](C)C[C@H](N(C)C)[C@H]2O)[C@](C)(OC)C[C@@H](C)C2OC2(C)[C@@H](CCOC(=O)c2ccnc3ccccc23)[C@]1(C)O. The molecule has 0 aliphatic carbocycles. The van der Waals surface area contributed by atoms with Crippen LogP contribution in [0.2, 0.25) is 0 Å². The number of likely N-dealkylation sites (N-methyl/N-ethyl adjacent to an activating group) is 1. The lowest BCUT2D eigenvalue weighted by Gasteiger charge is -2.47. The predicted octanol–water partition coefficient (Wildman–Crippen LogP) is 4.73. The number of epoxide rings is 1. The van der Waals surface area contributed by atoms with Gasteiger partial charge in [0.2, 0.25) is 0 Å². The Labute approximate surface area is 325 Å². The van der Waals surface area contributed by atoms with E-state index in [4.69, 9.17) is 28.4 Å². The minimum atomic E-state index is -1.65. The fourth-order valence-electron chi connectivity index (χ4n) is 9.38. The minimum absolute atomic E-state index is 0.0467. The summed E-state index contributed by atoms with van der Waals surface area (Å²) in [6.45, 7) is 14.3. The molecule has 0 bridgehead atoms. The van der Waals surface area contributed by atoms with Crippen LogP contribution in [-0.4, -0.2) is 125 Å². The summed E-state index contributed by atoms with van der Waals surface area (Å²) in [7, 11) is 5.33. The molecule has 0 spiro atoms. The summed E-state index contributed by atoms with van der Waals surface area (Å²) in [5.41, 5.74) is -2.64. The van der Waals surface area contributed by atoms with Gasteiger partial charge in [0.1, 0.15) is 23.7 Å². The van der Waals surface area contributed by atoms with Crippen molar-refractivity contribution in [1.82, 2.24) is 9.88 Å². The fourth-order valence-corrected chi connectivity index (χ4v) is 9.38. The van der Waals surface area contributed by atoms with Gasteiger partial charge in [0.25, 0.3) is 0 Å². The zero-order chi connectivity index (χ0) is 40.6. The Morgan fingerprint density at radius 3 is 2.42 bits per heavy atom. The van der Waals surface area contributed by atoms with E-state index in [-0.39, 0.29) is 37.5 Å². The first-order valence-electron chi connectivity index (χ1n) is 19.7. The van der Waals surface area contributed by atoms with Gasteiger partial charge in [-0.1, -0.05) is 39.0 Å². The number of cyclic esters (lactones) is 1. The number of nitrogens with zero attached hydrogens (tertiary/aromatic N) is 2. The van der Waals surface area contributed by atoms with E-state index < -0.39 is 83.0 Å². The van der Waals surface area contributed by atoms with E-state index in [0.29, 0.717) is 29.3 Å². The highest BCUT2D eigenvalue weighted by Crippen LogP contribution is 2.54. The number of hydrogen-bond acceptors (Lipinski definition) is 13. The zero-order valence-electron chi connectivity index (χ0n) is 34.3. The topological polar surface area (TPSA) is 166 Å². The third-order valence-corrected chi connectivity index (χ3v) is 12.6. The maximum Gasteiger partial charge on any atom is 0.338 e. The molecule has 306 valence electrons. The summed E-state index contributed by atoms with van der Waals surface area (Å²) in [5, 5.41) is 24.5. The van der Waals surface area contributed by atoms with Gasteiger partial charge < -0.3 is 43.5 Å². The van der Waals surface area contributed by atoms with Gasteiger partial charge in [-0.3, -0.25) is 14.6 Å². The van der Waals surface area contributed by atoms with Crippen molar-refractivity contribution in [1.29, 1.82) is 0 Å². The second kappa shape index (κ2) is 16.8. The summed E-state index contributed by atoms with van der Waals surface area (Å²) >= 11 is 0. The number of carbonyl (C=O) groups excluding carboxylic acids is 3. The molecule has 13 heteroatoms. The molecule has 55 heavy (non-hydrogen) atoms. The lowest BCUT2D eigenvalue weighted by molar-refractivity contribution is -0.295. The van der Waals surface area contributed by atoms with Crippen LogP contribution in [0, 0.1) is 23.7 Å². The molecule has 14 atom stereocenters. The number of aliphatic hydroxyl groups is 2. The van der Waals surface area contributed by atoms with Crippen LogP contribution in [0.15, 0.2) is 36.5 Å². The molecule has 3 aliphatic rings. The van der Waals surface area contributed by atoms with Crippen LogP contribution < -0.4 is 0 Å². The van der Waals surface area contributed by atoms with Crippen molar-refractivity contribution >= 4 is 28.6 Å². The van der Waals surface area contributed by atoms with E-state index in [2.05, 4.69) is 4.98 Å². The van der Waals surface area contributed by atoms with Gasteiger partial charge in [-0.05, 0) is 92.4 Å². The Kier molecular flexibility index (Phi) is 13.2. The number of para-hydroxylation sites is 1. The van der Waals surface area contributed by atoms with E-state index in [9.17, 15) is 24.6 Å². The molecule has 13 nitrogen and oxygen atoms in total. The Hall–Kier alpha value is -3.04. The third kappa shape index (κ3) is 8.63. The van der Waals surface area contributed by atoms with Crippen molar-refractivity contribution in [3.05, 3.63) is 42.1 Å². The molecule has 3 fully saturated rings. The van der Waals surface area contributed by atoms with Crippen LogP contribution in [0.5, 0.6) is 0 Å². The van der Waals surface area contributed by atoms with Crippen molar-refractivity contribution in [2.75, 3.05) is 27.8 Å². The number of aliphatic hydroxyl groups excluding tert-OH is 1. The summed E-state index contributed by atoms with van der Waals surface area (Å²) < 4.78 is 37.4. The highest BCUT2D eigenvalue weighted by Gasteiger charge is 2.66. The highest BCUT2D eigenvalue weighted by molar-refractivity contribution is 6.03. The standard InChI is InChI=1S/C42H62N2O11/c1-12-32-41(7,49)31(18-20-51-38(48)28-17-19-43-29-16-14-13-15-27(28)29)42(8)35(55-42)23(2)22-40(6,50-11)36(25(4)33(45)26(5)37(47)53-32)54-39-34(46)30(44(9)10)21-24(3)52-39/h13-17,19,23-26,30-32,34-36,39,46,49H,12,18,20-22H2,1-11H3/t23-,24-,25+,26?,30+,31+,32-,34-,35?,36-,39+,40-,41+,42?/m1/s1. The van der Waals surface area contributed by atoms with Crippen molar-refractivity contribution in [3.63, 3.8) is 0 Å². The number of pyridine rings is 1. The third-order valence-electron chi connectivity index (χ3n) is 12.6. The molecular formula is C42H62N2O11. The number of carbonyl (C=O) groups is 3. The van der Waals surface area contributed by atoms with E-state index in [1.165, 1.54) is 6.92 Å². The normalized spacial score (nSPS) is 40.3. The number of ether oxygens (including phenoxy) is 6. The fraction of sp³-hybridized carbons (Fsp3) is 0.714. The number of methoxy groups -OCH3 is 1. The molecule has 0 amide bonds. The number of benzene rings is 1. The quantitative estimate of drug-likeness (QED) is 0.205. The van der Waals surface area contributed by atoms with Crippen molar-refractivity contribution < 1.29 is 53.0 Å². The Balaban J connectivity index is 1.46. The van der Waals surface area contributed by atoms with Crippen LogP contribution in [0.25, 0.3) is 10.9 Å². The lowest BCUT2D eigenvalue weighted by atomic mass is 9.70. The second-order valence-corrected chi connectivity index (χ2v) is 16.9. The number of hydrogen-bond donors (Lipinski definition) is 2. The molecule has 2 N–H and O–H groups in total. The predicted molar refractivity (Wildman–Crippen MR) is 204 cm³/mol. The van der Waals surface area contributed by atoms with Crippen molar-refractivity contribution in [3.8, 4) is 0 Å². The first-order valence-corrected chi connectivity index (χ1v) is 19.7. The van der Waals surface area contributed by atoms with E-state index in [1.807, 2.05) is 71.0 Å². The van der Waals surface area contributed by atoms with Gasteiger partial charge in [-0.15, -0.1) is 0 Å². The second-order valence-electron chi connectivity index (χ2n) is 16.9. The van der Waals surface area contributed by atoms with Gasteiger partial charge in [-0.25, -0.2) is 4.79 Å². The number of esters is 2. The maximum atomic E-state index is 14.2. The van der Waals surface area contributed by atoms with Crippen molar-refractivity contribution in [2.45, 2.75) is 141 Å². The largest absolute Gasteiger partial charge is 0.462 e. The number of rotatable bonds is 9. The van der Waals surface area contributed by atoms with Crippen LogP contribution in [0.3, 0.4) is 0 Å². The number of Topliss-reactive ketones (excluding diaryl/α,β-unsaturated/α-hetero) is 1. The molecule has 0 saturated carbocycles. The molecule has 0 radical (unpaired) electrons. The monoisotopic (exact) mass is 770 g/mol. The van der Waals surface area contributed by atoms with E-state index in [0.717, 1.165) is 0 Å². The van der Waals surface area contributed by atoms with Gasteiger partial charge in [0.15, 0.2) is 12.1 Å². The number of fused-ring (bicyclic) bond motifs is 2. The number of aromatic nitrogens is 1. The lowest BCUT2D eigenvalue weighted by Crippen LogP contribution is -2.59. The first kappa shape index (κ1) is 43.1. The molecule has 3 saturated heterocycles. The van der Waals surface area contributed by atoms with Crippen molar-refractivity contribution in [2.24, 2.45) is 23.7 Å². The summed E-state index contributed by atoms with van der Waals surface area (Å²) in [4.78, 5) is 47.7. The molecule has 1 aromatic carbocycles. The smallest absolute Gasteiger partial charge is 0.338 e. The van der Waals surface area contributed by atoms with Crippen LogP contribution in [0.1, 0.15) is 91.4 Å². The Morgan fingerprint density at radius 2 is 1.76 bits per heavy atom. The first-order chi connectivity index (χ1) is 25.8. The molecule has 5 rings (SSSR count). The van der Waals surface area contributed by atoms with Gasteiger partial charge in [-0.2, -0.15) is 0 Å². The summed E-state index contributed by atoms with van der Waals surface area (Å²) in [5.74, 6) is -4.70. The summed E-state index contributed by atoms with van der Waals surface area (Å²) in [6, 6.07) is 8.68. The Bertz CT molecular complexity index is 1680. The molecular weight excluding hydrogens is 708 g/mol. The average Bonchev–Trinajstić information content (AvgIpc) is 3.85. The van der Waals surface area contributed by atoms with Crippen LogP contribution in [0.4, 0.5) is 0 Å². The highest BCUT2D eigenvalue weighted by atomic mass is 16.7. The van der Waals surface area contributed by atoms with Gasteiger partial charge in [0, 0.05) is 36.6 Å². The molecule has 1 aromatic heterocycles. The molecule has 3 aliphatic heterocycles. The number of ketones is 1. The maximum absolute atomic E-state index is 14.2. The minimum Gasteiger partial charge on any atom is -0.462 e. The van der Waals surface area contributed by atoms with Gasteiger partial charge >= 0.3 is 11.9 Å². The molecule has 3 unspecified atom stereocenters. The molecule has 2 aromatic rings. The summed E-state index contributed by atoms with van der Waals surface area (Å²) in [6.07, 6.45) is -1.72. The van der Waals surface area contributed by atoms with Crippen LogP contribution in [-0.2, 0) is 38.0 Å².